The minimum Gasteiger partial charge on any atom is -0.464 e. The molecule has 4 heterocycles. The zero-order valence-electron chi connectivity index (χ0n) is 26.7. The highest BCUT2D eigenvalue weighted by molar-refractivity contribution is 7.92. The Bertz CT molecular complexity index is 2580. The molecule has 8 rings (SSSR count). The number of fused-ring (bicyclic) bond motifs is 6. The molecule has 3 aromatic heterocycles. The number of anilines is 1. The van der Waals surface area contributed by atoms with Crippen LogP contribution in [0.1, 0.15) is 29.1 Å². The summed E-state index contributed by atoms with van der Waals surface area (Å²) in [7, 11) is -2.31. The lowest BCUT2D eigenvalue weighted by Gasteiger charge is -2.30. The molecule has 12 heteroatoms. The van der Waals surface area contributed by atoms with Gasteiger partial charge in [0.2, 0.25) is 16.3 Å². The van der Waals surface area contributed by atoms with Gasteiger partial charge in [0.15, 0.2) is 5.75 Å². The molecule has 9 nitrogen and oxygen atoms in total. The van der Waals surface area contributed by atoms with Crippen molar-refractivity contribution >= 4 is 43.5 Å². The topological polar surface area (TPSA) is 115 Å². The molecule has 0 saturated heterocycles. The first-order chi connectivity index (χ1) is 24.2. The molecule has 0 radical (unpaired) electrons. The monoisotopic (exact) mass is 690 g/mol. The first-order valence-electron chi connectivity index (χ1n) is 15.8. The van der Waals surface area contributed by atoms with Crippen LogP contribution >= 0.6 is 0 Å². The van der Waals surface area contributed by atoms with Gasteiger partial charge in [-0.25, -0.2) is 22.2 Å². The predicted octanol–water partition coefficient (Wildman–Crippen LogP) is 8.12. The third-order valence-corrected chi connectivity index (χ3v) is 10.1. The highest BCUT2D eigenvalue weighted by Gasteiger charge is 2.32. The second-order valence-electron chi connectivity index (χ2n) is 11.8. The number of rotatable bonds is 7. The number of sulfonamides is 1. The van der Waals surface area contributed by atoms with E-state index in [0.29, 0.717) is 50.2 Å². The predicted molar refractivity (Wildman–Crippen MR) is 187 cm³/mol. The molecule has 1 amide bonds. The molecule has 1 aliphatic heterocycles. The van der Waals surface area contributed by atoms with E-state index >= 15 is 4.39 Å². The van der Waals surface area contributed by atoms with E-state index < -0.39 is 33.8 Å². The number of furan rings is 1. The fourth-order valence-corrected chi connectivity index (χ4v) is 7.01. The fraction of sp³-hybridized carbons (Fsp3) is 0.105. The summed E-state index contributed by atoms with van der Waals surface area (Å²) in [6.07, 6.45) is -0.611. The summed E-state index contributed by atoms with van der Waals surface area (Å²) in [5.41, 5.74) is 4.23. The molecule has 250 valence electrons. The van der Waals surface area contributed by atoms with Gasteiger partial charge in [0.25, 0.3) is 5.91 Å². The van der Waals surface area contributed by atoms with Gasteiger partial charge in [-0.2, -0.15) is 0 Å². The van der Waals surface area contributed by atoms with Crippen LogP contribution in [-0.4, -0.2) is 36.7 Å². The van der Waals surface area contributed by atoms with Gasteiger partial charge in [0.05, 0.1) is 33.9 Å². The minimum atomic E-state index is -3.79. The van der Waals surface area contributed by atoms with Crippen LogP contribution < -0.4 is 14.8 Å². The number of amides is 1. The smallest absolute Gasteiger partial charge is 0.255 e. The van der Waals surface area contributed by atoms with Gasteiger partial charge in [-0.15, -0.1) is 0 Å². The van der Waals surface area contributed by atoms with Crippen molar-refractivity contribution in [2.24, 2.45) is 0 Å². The number of benzene rings is 4. The van der Waals surface area contributed by atoms with E-state index in [1.807, 2.05) is 41.0 Å². The number of halogens is 2. The highest BCUT2D eigenvalue weighted by atomic mass is 32.2. The van der Waals surface area contributed by atoms with Crippen molar-refractivity contribution in [3.63, 3.8) is 0 Å². The van der Waals surface area contributed by atoms with Crippen LogP contribution in [0, 0.1) is 11.6 Å². The van der Waals surface area contributed by atoms with Gasteiger partial charge in [-0.05, 0) is 67.6 Å². The molecule has 7 aromatic rings. The molecule has 1 unspecified atom stereocenters. The lowest BCUT2D eigenvalue weighted by molar-refractivity contribution is 0.0964. The number of nitrogens with zero attached hydrogens (tertiary/aromatic N) is 2. The van der Waals surface area contributed by atoms with Crippen molar-refractivity contribution in [2.75, 3.05) is 17.5 Å². The number of ether oxygens (including phenoxy) is 1. The van der Waals surface area contributed by atoms with Crippen LogP contribution in [0.5, 0.6) is 5.75 Å². The summed E-state index contributed by atoms with van der Waals surface area (Å²) in [5, 5.41) is 3.42. The van der Waals surface area contributed by atoms with Gasteiger partial charge in [0.1, 0.15) is 28.7 Å². The number of carbonyl (C=O) groups is 1. The third kappa shape index (κ3) is 5.15. The van der Waals surface area contributed by atoms with E-state index in [1.54, 1.807) is 30.3 Å². The fourth-order valence-electron chi connectivity index (χ4n) is 6.37. The standard InChI is InChI=1S/C38H28F2N4O5S/c1-3-50(46,47)43-29-20-33-26(34(37(45)41-2)36(48-33)21-12-14-23(39)15-13-21)18-25(29)28-16-17-32-35(42-28)31-19-24-27(40)10-7-11-30(24)44(31)38(49-32)22-8-5-4-6-9-22/h4-20,38,43H,3H2,1-2H3,(H,41,45). The van der Waals surface area contributed by atoms with Crippen molar-refractivity contribution in [3.05, 3.63) is 126 Å². The number of pyridine rings is 1. The van der Waals surface area contributed by atoms with Crippen molar-refractivity contribution in [3.8, 4) is 39.7 Å². The Labute approximate surface area is 285 Å². The molecule has 2 N–H and O–H groups in total. The van der Waals surface area contributed by atoms with Crippen molar-refractivity contribution in [1.82, 2.24) is 14.9 Å². The Morgan fingerprint density at radius 3 is 2.44 bits per heavy atom. The van der Waals surface area contributed by atoms with Gasteiger partial charge in [0, 0.05) is 40.6 Å². The van der Waals surface area contributed by atoms with Crippen LogP contribution in [-0.2, 0) is 10.0 Å². The summed E-state index contributed by atoms with van der Waals surface area (Å²) in [6, 6.07) is 28.3. The van der Waals surface area contributed by atoms with Gasteiger partial charge >= 0.3 is 0 Å². The number of aromatic nitrogens is 2. The van der Waals surface area contributed by atoms with Crippen LogP contribution in [0.15, 0.2) is 108 Å². The van der Waals surface area contributed by atoms with Crippen molar-refractivity contribution in [1.29, 1.82) is 0 Å². The molecule has 0 fully saturated rings. The Balaban J connectivity index is 1.37. The van der Waals surface area contributed by atoms with E-state index in [-0.39, 0.29) is 28.3 Å². The normalized spacial score (nSPS) is 13.9. The van der Waals surface area contributed by atoms with E-state index in [1.165, 1.54) is 50.4 Å². The molecule has 50 heavy (non-hydrogen) atoms. The Morgan fingerprint density at radius 1 is 0.920 bits per heavy atom. The molecule has 0 bridgehead atoms. The van der Waals surface area contributed by atoms with Crippen LogP contribution in [0.3, 0.4) is 0 Å². The molecular formula is C38H28F2N4O5S. The van der Waals surface area contributed by atoms with E-state index in [0.717, 1.165) is 5.56 Å². The van der Waals surface area contributed by atoms with Crippen molar-refractivity contribution in [2.45, 2.75) is 13.2 Å². The first kappa shape index (κ1) is 31.3. The maximum atomic E-state index is 15.2. The molecule has 0 saturated carbocycles. The maximum Gasteiger partial charge on any atom is 0.255 e. The Hall–Kier alpha value is -6.01. The maximum absolute atomic E-state index is 15.2. The molecule has 4 aromatic carbocycles. The third-order valence-electron chi connectivity index (χ3n) is 8.80. The van der Waals surface area contributed by atoms with Crippen LogP contribution in [0.4, 0.5) is 14.5 Å². The van der Waals surface area contributed by atoms with E-state index in [9.17, 15) is 17.6 Å². The molecule has 0 aliphatic carbocycles. The second kappa shape index (κ2) is 11.8. The number of nitrogens with one attached hydrogen (secondary N) is 2. The van der Waals surface area contributed by atoms with Gasteiger partial charge in [-0.3, -0.25) is 14.1 Å². The summed E-state index contributed by atoms with van der Waals surface area (Å²) >= 11 is 0. The summed E-state index contributed by atoms with van der Waals surface area (Å²) in [6.45, 7) is 1.51. The Kier molecular flexibility index (Phi) is 7.41. The molecular weight excluding hydrogens is 663 g/mol. The lowest BCUT2D eigenvalue weighted by Crippen LogP contribution is -2.22. The lowest BCUT2D eigenvalue weighted by atomic mass is 10.0. The average molecular weight is 691 g/mol. The SMILES string of the molecule is CCS(=O)(=O)Nc1cc2oc(-c3ccc(F)cc3)c(C(=O)NC)c2cc1-c1ccc2c(n1)-c1cc3c(F)cccc3n1C(c1ccccc1)O2. The van der Waals surface area contributed by atoms with E-state index in [2.05, 4.69) is 10.0 Å². The quantitative estimate of drug-likeness (QED) is 0.175. The van der Waals surface area contributed by atoms with E-state index in [4.69, 9.17) is 14.1 Å². The minimum absolute atomic E-state index is 0.167. The number of carbonyl (C=O) groups excluding carboxylic acids is 1. The molecule has 1 atom stereocenters. The second-order valence-corrected chi connectivity index (χ2v) is 13.8. The Morgan fingerprint density at radius 2 is 1.70 bits per heavy atom. The van der Waals surface area contributed by atoms with Crippen LogP contribution in [0.25, 0.3) is 55.8 Å². The largest absolute Gasteiger partial charge is 0.464 e. The van der Waals surface area contributed by atoms with Gasteiger partial charge < -0.3 is 14.5 Å². The summed E-state index contributed by atoms with van der Waals surface area (Å²) in [4.78, 5) is 18.3. The summed E-state index contributed by atoms with van der Waals surface area (Å²) in [5.74, 6) is -0.876. The zero-order valence-corrected chi connectivity index (χ0v) is 27.5. The summed E-state index contributed by atoms with van der Waals surface area (Å²) < 4.78 is 72.1. The number of hydrogen-bond donors (Lipinski definition) is 2. The zero-order chi connectivity index (χ0) is 34.7. The van der Waals surface area contributed by atoms with Crippen molar-refractivity contribution < 1.29 is 31.1 Å². The first-order valence-corrected chi connectivity index (χ1v) is 17.4. The molecule has 1 aliphatic rings. The van der Waals surface area contributed by atoms with Gasteiger partial charge in [-0.1, -0.05) is 36.4 Å². The number of hydrogen-bond acceptors (Lipinski definition) is 6. The van der Waals surface area contributed by atoms with Crippen LogP contribution in [0.2, 0.25) is 0 Å². The average Bonchev–Trinajstić information content (AvgIpc) is 3.71. The highest BCUT2D eigenvalue weighted by Crippen LogP contribution is 2.46. The molecule has 0 spiro atoms.